The third-order valence-corrected chi connectivity index (χ3v) is 4.32. The van der Waals surface area contributed by atoms with E-state index >= 15 is 0 Å². The second kappa shape index (κ2) is 8.05. The summed E-state index contributed by atoms with van der Waals surface area (Å²) in [5, 5.41) is 5.98. The molecule has 2 N–H and O–H groups in total. The molecule has 0 radical (unpaired) electrons. The molecule has 1 aromatic heterocycles. The smallest absolute Gasteiger partial charge is 0.274 e. The average Bonchev–Trinajstić information content (AvgIpc) is 3.20. The summed E-state index contributed by atoms with van der Waals surface area (Å²) in [6, 6.07) is 14.4. The fourth-order valence-corrected chi connectivity index (χ4v) is 2.87. The van der Waals surface area contributed by atoms with E-state index < -0.39 is 0 Å². The molecule has 1 amide bonds. The number of fused-ring (bicyclic) bond motifs is 1. The molecule has 29 heavy (non-hydrogen) atoms. The maximum Gasteiger partial charge on any atom is 0.274 e. The molecule has 0 bridgehead atoms. The molecule has 0 fully saturated rings. The zero-order chi connectivity index (χ0) is 20.2. The van der Waals surface area contributed by atoms with Crippen LogP contribution in [-0.4, -0.2) is 29.8 Å². The number of hydrogen-bond acceptors (Lipinski definition) is 7. The monoisotopic (exact) mass is 392 g/mol. The van der Waals surface area contributed by atoms with Crippen molar-refractivity contribution in [1.82, 2.24) is 9.97 Å². The SMILES string of the molecule is COc1ccc(NC(=O)c2cc(C)nc(NCc3ccc4c(c3)OCO4)n2)cc1. The Morgan fingerprint density at radius 1 is 1.07 bits per heavy atom. The maximum atomic E-state index is 12.6. The van der Waals surface area contributed by atoms with Crippen molar-refractivity contribution >= 4 is 17.5 Å². The minimum absolute atomic E-state index is 0.236. The lowest BCUT2D eigenvalue weighted by atomic mass is 10.2. The molecular formula is C21H20N4O4. The Kier molecular flexibility index (Phi) is 5.15. The first-order chi connectivity index (χ1) is 14.1. The van der Waals surface area contributed by atoms with Crippen molar-refractivity contribution in [3.05, 3.63) is 65.5 Å². The van der Waals surface area contributed by atoms with Gasteiger partial charge in [-0.1, -0.05) is 6.07 Å². The summed E-state index contributed by atoms with van der Waals surface area (Å²) < 4.78 is 15.8. The van der Waals surface area contributed by atoms with Gasteiger partial charge in [0.05, 0.1) is 7.11 Å². The summed E-state index contributed by atoms with van der Waals surface area (Å²) in [5.74, 6) is 2.23. The van der Waals surface area contributed by atoms with Gasteiger partial charge in [0.2, 0.25) is 12.7 Å². The summed E-state index contributed by atoms with van der Waals surface area (Å²) >= 11 is 0. The Hall–Kier alpha value is -3.81. The second-order valence-corrected chi connectivity index (χ2v) is 6.44. The lowest BCUT2D eigenvalue weighted by Crippen LogP contribution is -2.16. The Balaban J connectivity index is 1.44. The highest BCUT2D eigenvalue weighted by atomic mass is 16.7. The van der Waals surface area contributed by atoms with Gasteiger partial charge in [-0.2, -0.15) is 0 Å². The Bertz CT molecular complexity index is 1040. The van der Waals surface area contributed by atoms with Gasteiger partial charge in [-0.05, 0) is 55.0 Å². The van der Waals surface area contributed by atoms with Gasteiger partial charge in [0.15, 0.2) is 11.5 Å². The molecule has 148 valence electrons. The molecule has 1 aliphatic rings. The zero-order valence-corrected chi connectivity index (χ0v) is 16.1. The van der Waals surface area contributed by atoms with Crippen LogP contribution >= 0.6 is 0 Å². The second-order valence-electron chi connectivity index (χ2n) is 6.44. The molecule has 0 saturated heterocycles. The van der Waals surface area contributed by atoms with Crippen LogP contribution in [0.15, 0.2) is 48.5 Å². The van der Waals surface area contributed by atoms with Crippen LogP contribution in [0.3, 0.4) is 0 Å². The Labute approximate surface area is 167 Å². The molecule has 0 atom stereocenters. The Morgan fingerprint density at radius 3 is 2.66 bits per heavy atom. The van der Waals surface area contributed by atoms with E-state index in [9.17, 15) is 4.79 Å². The standard InChI is InChI=1S/C21H20N4O4/c1-13-9-17(20(26)24-15-4-6-16(27-2)7-5-15)25-21(23-13)22-11-14-3-8-18-19(10-14)29-12-28-18/h3-10H,11-12H2,1-2H3,(H,24,26)(H,22,23,25). The van der Waals surface area contributed by atoms with Crippen molar-refractivity contribution < 1.29 is 19.0 Å². The predicted molar refractivity (Wildman–Crippen MR) is 108 cm³/mol. The van der Waals surface area contributed by atoms with Crippen LogP contribution in [0, 0.1) is 6.92 Å². The number of methoxy groups -OCH3 is 1. The summed E-state index contributed by atoms with van der Waals surface area (Å²) in [4.78, 5) is 21.3. The van der Waals surface area contributed by atoms with Crippen LogP contribution in [0.5, 0.6) is 17.2 Å². The fraction of sp³-hybridized carbons (Fsp3) is 0.190. The third-order valence-electron chi connectivity index (χ3n) is 4.32. The number of amides is 1. The van der Waals surface area contributed by atoms with Crippen molar-refractivity contribution in [3.8, 4) is 17.2 Å². The lowest BCUT2D eigenvalue weighted by molar-refractivity contribution is 0.102. The van der Waals surface area contributed by atoms with Crippen LogP contribution in [0.25, 0.3) is 0 Å². The first-order valence-corrected chi connectivity index (χ1v) is 9.04. The van der Waals surface area contributed by atoms with E-state index in [4.69, 9.17) is 14.2 Å². The van der Waals surface area contributed by atoms with Gasteiger partial charge in [0.1, 0.15) is 11.4 Å². The molecule has 0 aliphatic carbocycles. The highest BCUT2D eigenvalue weighted by Crippen LogP contribution is 2.32. The van der Waals surface area contributed by atoms with Crippen molar-refractivity contribution in [2.75, 3.05) is 24.5 Å². The first-order valence-electron chi connectivity index (χ1n) is 9.04. The van der Waals surface area contributed by atoms with Crippen LogP contribution < -0.4 is 24.8 Å². The maximum absolute atomic E-state index is 12.6. The summed E-state index contributed by atoms with van der Waals surface area (Å²) in [6.45, 7) is 2.54. The number of benzene rings is 2. The average molecular weight is 392 g/mol. The summed E-state index contributed by atoms with van der Waals surface area (Å²) in [5.41, 5.74) is 2.61. The van der Waals surface area contributed by atoms with Gasteiger partial charge in [0.25, 0.3) is 5.91 Å². The van der Waals surface area contributed by atoms with Crippen LogP contribution in [0.2, 0.25) is 0 Å². The van der Waals surface area contributed by atoms with Crippen LogP contribution in [0.4, 0.5) is 11.6 Å². The van der Waals surface area contributed by atoms with E-state index in [2.05, 4.69) is 20.6 Å². The molecule has 0 unspecified atom stereocenters. The number of aryl methyl sites for hydroxylation is 1. The third kappa shape index (κ3) is 4.37. The van der Waals surface area contributed by atoms with Gasteiger partial charge in [-0.15, -0.1) is 0 Å². The molecule has 0 saturated carbocycles. The van der Waals surface area contributed by atoms with Gasteiger partial charge in [-0.25, -0.2) is 9.97 Å². The van der Waals surface area contributed by atoms with Crippen LogP contribution in [0.1, 0.15) is 21.7 Å². The molecule has 1 aliphatic heterocycles. The van der Waals surface area contributed by atoms with Gasteiger partial charge < -0.3 is 24.8 Å². The molecule has 8 nitrogen and oxygen atoms in total. The molecule has 3 aromatic rings. The molecule has 2 aromatic carbocycles. The van der Waals surface area contributed by atoms with Crippen LogP contribution in [-0.2, 0) is 6.54 Å². The van der Waals surface area contributed by atoms with Gasteiger partial charge in [0, 0.05) is 17.9 Å². The largest absolute Gasteiger partial charge is 0.497 e. The van der Waals surface area contributed by atoms with Crippen molar-refractivity contribution in [2.24, 2.45) is 0 Å². The van der Waals surface area contributed by atoms with Gasteiger partial charge >= 0.3 is 0 Å². The lowest BCUT2D eigenvalue weighted by Gasteiger charge is -2.10. The number of nitrogens with one attached hydrogen (secondary N) is 2. The number of hydrogen-bond donors (Lipinski definition) is 2. The number of ether oxygens (including phenoxy) is 3. The number of nitrogens with zero attached hydrogens (tertiary/aromatic N) is 2. The number of anilines is 2. The fourth-order valence-electron chi connectivity index (χ4n) is 2.87. The molecule has 2 heterocycles. The molecule has 0 spiro atoms. The molecule has 4 rings (SSSR count). The number of aromatic nitrogens is 2. The van der Waals surface area contributed by atoms with Gasteiger partial charge in [-0.3, -0.25) is 4.79 Å². The zero-order valence-electron chi connectivity index (χ0n) is 16.1. The van der Waals surface area contributed by atoms with E-state index in [0.717, 1.165) is 17.1 Å². The minimum Gasteiger partial charge on any atom is -0.497 e. The Morgan fingerprint density at radius 2 is 1.86 bits per heavy atom. The molecular weight excluding hydrogens is 372 g/mol. The van der Waals surface area contributed by atoms with E-state index in [-0.39, 0.29) is 18.4 Å². The predicted octanol–water partition coefficient (Wildman–Crippen LogP) is 3.39. The topological polar surface area (TPSA) is 94.6 Å². The highest BCUT2D eigenvalue weighted by Gasteiger charge is 2.14. The van der Waals surface area contributed by atoms with E-state index in [1.54, 1.807) is 37.4 Å². The number of carbonyl (C=O) groups is 1. The first kappa shape index (κ1) is 18.5. The highest BCUT2D eigenvalue weighted by molar-refractivity contribution is 6.03. The number of rotatable bonds is 6. The minimum atomic E-state index is -0.313. The molecule has 8 heteroatoms. The van der Waals surface area contributed by atoms with E-state index in [1.165, 1.54) is 0 Å². The van der Waals surface area contributed by atoms with Crippen molar-refractivity contribution in [2.45, 2.75) is 13.5 Å². The quantitative estimate of drug-likeness (QED) is 0.664. The number of carbonyl (C=O) groups excluding carboxylic acids is 1. The van der Waals surface area contributed by atoms with E-state index in [0.29, 0.717) is 29.6 Å². The van der Waals surface area contributed by atoms with E-state index in [1.807, 2.05) is 25.1 Å². The summed E-state index contributed by atoms with van der Waals surface area (Å²) in [7, 11) is 1.59. The normalized spacial score (nSPS) is 11.8. The van der Waals surface area contributed by atoms with Crippen molar-refractivity contribution in [1.29, 1.82) is 0 Å². The summed E-state index contributed by atoms with van der Waals surface area (Å²) in [6.07, 6.45) is 0. The van der Waals surface area contributed by atoms with Crippen molar-refractivity contribution in [3.63, 3.8) is 0 Å².